The highest BCUT2D eigenvalue weighted by molar-refractivity contribution is 6.46. The van der Waals surface area contributed by atoms with Crippen molar-refractivity contribution < 1.29 is 54.1 Å². The number of amides is 1. The third-order valence-corrected chi connectivity index (χ3v) is 5.31. The summed E-state index contributed by atoms with van der Waals surface area (Å²) in [5.74, 6) is -1.88. The Morgan fingerprint density at radius 3 is 1.90 bits per heavy atom. The van der Waals surface area contributed by atoms with Gasteiger partial charge in [0.15, 0.2) is 0 Å². The van der Waals surface area contributed by atoms with Crippen LogP contribution >= 0.6 is 0 Å². The van der Waals surface area contributed by atoms with Crippen LogP contribution in [-0.2, 0) is 4.79 Å². The number of carbonyl (C=O) groups excluding carboxylic acids is 1. The summed E-state index contributed by atoms with van der Waals surface area (Å²) in [7, 11) is 0. The van der Waals surface area contributed by atoms with Gasteiger partial charge in [0, 0.05) is 12.1 Å². The van der Waals surface area contributed by atoms with Crippen LogP contribution in [0.25, 0.3) is 0 Å². The average Bonchev–Trinajstić information content (AvgIpc) is 3.14. The maximum absolute atomic E-state index is 13.4. The van der Waals surface area contributed by atoms with E-state index in [9.17, 15) is 39.9 Å². The van der Waals surface area contributed by atoms with E-state index in [1.165, 1.54) is 53.4 Å². The lowest BCUT2D eigenvalue weighted by molar-refractivity contribution is -0.275. The molecular formula is C25H16F8N2O4. The number of aliphatic imine (C=N–C) groups is 1. The zero-order valence-corrected chi connectivity index (χ0v) is 19.3. The van der Waals surface area contributed by atoms with Gasteiger partial charge in [-0.1, -0.05) is 12.1 Å². The van der Waals surface area contributed by atoms with Gasteiger partial charge in [-0.3, -0.25) is 9.69 Å². The highest BCUT2D eigenvalue weighted by Crippen LogP contribution is 2.39. The summed E-state index contributed by atoms with van der Waals surface area (Å²) < 4.78 is 112. The first-order valence-electron chi connectivity index (χ1n) is 10.9. The fourth-order valence-corrected chi connectivity index (χ4v) is 3.88. The highest BCUT2D eigenvalue weighted by atomic mass is 19.4. The van der Waals surface area contributed by atoms with E-state index in [0.717, 1.165) is 24.3 Å². The molecule has 1 heterocycles. The molecule has 0 aliphatic carbocycles. The highest BCUT2D eigenvalue weighted by Gasteiger charge is 2.39. The summed E-state index contributed by atoms with van der Waals surface area (Å²) in [6.07, 6.45) is -9.90. The van der Waals surface area contributed by atoms with Crippen molar-refractivity contribution in [3.63, 3.8) is 0 Å². The van der Waals surface area contributed by atoms with Crippen LogP contribution < -0.4 is 19.1 Å². The van der Waals surface area contributed by atoms with Gasteiger partial charge in [-0.2, -0.15) is 8.78 Å². The van der Waals surface area contributed by atoms with Crippen molar-refractivity contribution in [1.82, 2.24) is 0 Å². The SMILES string of the molecule is O=C1C(=Nc2ccc(OC(F)(F)F)cc2)CC(c2cccc(OC(F)F)c2)N1c1ccc(OC(F)(F)F)cc1. The molecule has 1 fully saturated rings. The monoisotopic (exact) mass is 560 g/mol. The van der Waals surface area contributed by atoms with Crippen molar-refractivity contribution in [1.29, 1.82) is 0 Å². The predicted molar refractivity (Wildman–Crippen MR) is 121 cm³/mol. The number of alkyl halides is 8. The Morgan fingerprint density at radius 1 is 0.795 bits per heavy atom. The minimum atomic E-state index is -4.93. The van der Waals surface area contributed by atoms with Crippen LogP contribution in [0.5, 0.6) is 17.2 Å². The number of hydrogen-bond donors (Lipinski definition) is 0. The molecule has 1 unspecified atom stereocenters. The van der Waals surface area contributed by atoms with Crippen LogP contribution in [0.15, 0.2) is 77.8 Å². The van der Waals surface area contributed by atoms with Gasteiger partial charge in [0.05, 0.1) is 11.7 Å². The van der Waals surface area contributed by atoms with Gasteiger partial charge >= 0.3 is 19.3 Å². The lowest BCUT2D eigenvalue weighted by Gasteiger charge is -2.25. The van der Waals surface area contributed by atoms with E-state index in [1.54, 1.807) is 0 Å². The normalized spacial score (nSPS) is 17.2. The number of hydrogen-bond acceptors (Lipinski definition) is 5. The number of nitrogens with zero attached hydrogens (tertiary/aromatic N) is 2. The number of halogens is 8. The molecule has 4 rings (SSSR count). The van der Waals surface area contributed by atoms with Gasteiger partial charge in [0.2, 0.25) is 0 Å². The number of anilines is 1. The molecule has 14 heteroatoms. The van der Waals surface area contributed by atoms with Crippen molar-refractivity contribution in [3.8, 4) is 17.2 Å². The largest absolute Gasteiger partial charge is 0.573 e. The smallest absolute Gasteiger partial charge is 0.435 e. The minimum absolute atomic E-state index is 0.0414. The first-order chi connectivity index (χ1) is 18.3. The first kappa shape index (κ1) is 27.7. The Kier molecular flexibility index (Phi) is 7.65. The number of rotatable bonds is 7. The summed E-state index contributed by atoms with van der Waals surface area (Å²) in [5, 5.41) is 0. The molecule has 0 N–H and O–H groups in total. The van der Waals surface area contributed by atoms with Crippen LogP contribution in [0, 0.1) is 0 Å². The fraction of sp³-hybridized carbons (Fsp3) is 0.200. The molecule has 1 aliphatic rings. The van der Waals surface area contributed by atoms with Crippen molar-refractivity contribution in [2.75, 3.05) is 4.90 Å². The van der Waals surface area contributed by atoms with E-state index in [1.807, 2.05) is 0 Å². The van der Waals surface area contributed by atoms with Crippen molar-refractivity contribution >= 4 is 23.0 Å². The summed E-state index contributed by atoms with van der Waals surface area (Å²) in [6.45, 7) is -3.11. The molecule has 3 aromatic carbocycles. The van der Waals surface area contributed by atoms with E-state index in [4.69, 9.17) is 0 Å². The predicted octanol–water partition coefficient (Wildman–Crippen LogP) is 7.34. The molecule has 1 atom stereocenters. The molecule has 0 bridgehead atoms. The lowest BCUT2D eigenvalue weighted by Crippen LogP contribution is -2.29. The van der Waals surface area contributed by atoms with Crippen LogP contribution in [-0.4, -0.2) is 31.0 Å². The van der Waals surface area contributed by atoms with Crippen LogP contribution in [0.4, 0.5) is 46.5 Å². The molecule has 39 heavy (non-hydrogen) atoms. The lowest BCUT2D eigenvalue weighted by atomic mass is 10.0. The van der Waals surface area contributed by atoms with Gasteiger partial charge in [0.25, 0.3) is 5.91 Å². The van der Waals surface area contributed by atoms with E-state index in [2.05, 4.69) is 19.2 Å². The molecule has 6 nitrogen and oxygen atoms in total. The second kappa shape index (κ2) is 10.8. The molecule has 3 aromatic rings. The molecule has 0 saturated carbocycles. The first-order valence-corrected chi connectivity index (χ1v) is 10.9. The third-order valence-electron chi connectivity index (χ3n) is 5.31. The number of carbonyl (C=O) groups is 1. The Bertz CT molecular complexity index is 1340. The second-order valence-corrected chi connectivity index (χ2v) is 7.99. The topological polar surface area (TPSA) is 60.4 Å². The zero-order valence-electron chi connectivity index (χ0n) is 19.3. The second-order valence-electron chi connectivity index (χ2n) is 7.99. The van der Waals surface area contributed by atoms with Crippen molar-refractivity contribution in [2.45, 2.75) is 31.8 Å². The molecule has 1 aliphatic heterocycles. The molecule has 0 spiro atoms. The Labute approximate surface area is 215 Å². The fourth-order valence-electron chi connectivity index (χ4n) is 3.88. The standard InChI is InChI=1S/C25H16F8N2O4/c26-23(27)37-19-3-1-2-14(12-19)21-13-20(34-15-4-8-17(9-5-15)38-24(28,29)30)22(36)35(21)16-6-10-18(11-7-16)39-25(31,32)33/h1-12,21,23H,13H2. The quantitative estimate of drug-likeness (QED) is 0.284. The van der Waals surface area contributed by atoms with Gasteiger partial charge in [-0.05, 0) is 66.2 Å². The summed E-state index contributed by atoms with van der Waals surface area (Å²) in [5.41, 5.74) is 0.590. The minimum Gasteiger partial charge on any atom is -0.435 e. The molecule has 206 valence electrons. The van der Waals surface area contributed by atoms with E-state index in [-0.39, 0.29) is 29.3 Å². The average molecular weight is 560 g/mol. The maximum atomic E-state index is 13.4. The molecular weight excluding hydrogens is 544 g/mol. The van der Waals surface area contributed by atoms with Crippen LogP contribution in [0.3, 0.4) is 0 Å². The summed E-state index contributed by atoms with van der Waals surface area (Å²) in [4.78, 5) is 18.8. The van der Waals surface area contributed by atoms with E-state index < -0.39 is 42.8 Å². The molecule has 0 aromatic heterocycles. The molecule has 1 amide bonds. The Hall–Kier alpha value is -4.36. The zero-order chi connectivity index (χ0) is 28.4. The van der Waals surface area contributed by atoms with Crippen molar-refractivity contribution in [2.24, 2.45) is 4.99 Å². The number of benzene rings is 3. The Morgan fingerprint density at radius 2 is 1.36 bits per heavy atom. The van der Waals surface area contributed by atoms with Gasteiger partial charge in [0.1, 0.15) is 23.0 Å². The van der Waals surface area contributed by atoms with Crippen LogP contribution in [0.1, 0.15) is 18.0 Å². The maximum Gasteiger partial charge on any atom is 0.573 e. The van der Waals surface area contributed by atoms with E-state index in [0.29, 0.717) is 5.56 Å². The Balaban J connectivity index is 1.68. The third kappa shape index (κ3) is 7.36. The molecule has 1 saturated heterocycles. The van der Waals surface area contributed by atoms with Crippen molar-refractivity contribution in [3.05, 3.63) is 78.4 Å². The van der Waals surface area contributed by atoms with Gasteiger partial charge in [-0.25, -0.2) is 4.99 Å². The summed E-state index contributed by atoms with van der Waals surface area (Å²) >= 11 is 0. The van der Waals surface area contributed by atoms with Gasteiger partial charge in [-0.15, -0.1) is 26.3 Å². The van der Waals surface area contributed by atoms with Crippen LogP contribution in [0.2, 0.25) is 0 Å². The molecule has 0 radical (unpaired) electrons. The van der Waals surface area contributed by atoms with E-state index >= 15 is 0 Å². The van der Waals surface area contributed by atoms with Gasteiger partial charge < -0.3 is 14.2 Å². The number of ether oxygens (including phenoxy) is 3. The summed E-state index contributed by atoms with van der Waals surface area (Å²) in [6, 6.07) is 13.5.